The van der Waals surface area contributed by atoms with E-state index in [2.05, 4.69) is 11.4 Å². The lowest BCUT2D eigenvalue weighted by Gasteiger charge is -2.32. The van der Waals surface area contributed by atoms with E-state index in [-0.39, 0.29) is 12.5 Å². The number of hydrogen-bond acceptors (Lipinski definition) is 4. The SMILES string of the molecule is O=C([C@@H]1COc2ccccc2O1)N1CCc2sccc2C1. The van der Waals surface area contributed by atoms with E-state index in [0.717, 1.165) is 13.0 Å². The van der Waals surface area contributed by atoms with Gasteiger partial charge in [0.25, 0.3) is 5.91 Å². The molecule has 1 aromatic carbocycles. The Balaban J connectivity index is 1.49. The zero-order chi connectivity index (χ0) is 14.2. The highest BCUT2D eigenvalue weighted by atomic mass is 32.1. The molecule has 0 spiro atoms. The second kappa shape index (κ2) is 5.07. The number of para-hydroxylation sites is 2. The third-order valence-corrected chi connectivity index (χ3v) is 4.93. The molecule has 0 unspecified atom stereocenters. The van der Waals surface area contributed by atoms with Gasteiger partial charge in [-0.25, -0.2) is 0 Å². The first-order chi connectivity index (χ1) is 10.3. The Labute approximate surface area is 126 Å². The summed E-state index contributed by atoms with van der Waals surface area (Å²) < 4.78 is 11.4. The second-order valence-electron chi connectivity index (χ2n) is 5.24. The molecule has 108 valence electrons. The highest BCUT2D eigenvalue weighted by molar-refractivity contribution is 7.10. The molecule has 5 heteroatoms. The third kappa shape index (κ3) is 2.27. The zero-order valence-corrected chi connectivity index (χ0v) is 12.3. The van der Waals surface area contributed by atoms with Crippen LogP contribution in [0.4, 0.5) is 0 Å². The number of thiophene rings is 1. The van der Waals surface area contributed by atoms with Crippen LogP contribution in [-0.2, 0) is 17.8 Å². The summed E-state index contributed by atoms with van der Waals surface area (Å²) in [6.45, 7) is 1.72. The van der Waals surface area contributed by atoms with Gasteiger partial charge >= 0.3 is 0 Å². The van der Waals surface area contributed by atoms with Crippen molar-refractivity contribution in [3.8, 4) is 11.5 Å². The molecular formula is C16H15NO3S. The molecule has 1 atom stereocenters. The van der Waals surface area contributed by atoms with Crippen LogP contribution in [0.5, 0.6) is 11.5 Å². The minimum Gasteiger partial charge on any atom is -0.485 e. The maximum absolute atomic E-state index is 12.6. The molecule has 1 amide bonds. The average Bonchev–Trinajstić information content (AvgIpc) is 3.01. The molecule has 1 aromatic heterocycles. The summed E-state index contributed by atoms with van der Waals surface area (Å²) in [5, 5.41) is 2.09. The van der Waals surface area contributed by atoms with E-state index >= 15 is 0 Å². The van der Waals surface area contributed by atoms with Gasteiger partial charge in [0.1, 0.15) is 6.61 Å². The fourth-order valence-corrected chi connectivity index (χ4v) is 3.67. The van der Waals surface area contributed by atoms with Gasteiger partial charge in [-0.2, -0.15) is 0 Å². The van der Waals surface area contributed by atoms with Gasteiger partial charge in [0.15, 0.2) is 11.5 Å². The lowest BCUT2D eigenvalue weighted by molar-refractivity contribution is -0.142. The topological polar surface area (TPSA) is 38.8 Å². The van der Waals surface area contributed by atoms with Crippen LogP contribution in [-0.4, -0.2) is 30.1 Å². The number of benzene rings is 1. The van der Waals surface area contributed by atoms with Crippen LogP contribution in [0.15, 0.2) is 35.7 Å². The van der Waals surface area contributed by atoms with Crippen molar-refractivity contribution < 1.29 is 14.3 Å². The molecule has 0 aliphatic carbocycles. The maximum Gasteiger partial charge on any atom is 0.267 e. The molecule has 0 N–H and O–H groups in total. The van der Waals surface area contributed by atoms with E-state index in [1.807, 2.05) is 29.2 Å². The van der Waals surface area contributed by atoms with Gasteiger partial charge in [-0.05, 0) is 35.6 Å². The number of rotatable bonds is 1. The Bertz CT molecular complexity index is 682. The van der Waals surface area contributed by atoms with Crippen LogP contribution >= 0.6 is 11.3 Å². The normalized spacial score (nSPS) is 20.0. The monoisotopic (exact) mass is 301 g/mol. The van der Waals surface area contributed by atoms with Crippen LogP contribution in [0, 0.1) is 0 Å². The highest BCUT2D eigenvalue weighted by Crippen LogP contribution is 2.32. The number of carbonyl (C=O) groups is 1. The van der Waals surface area contributed by atoms with Crippen molar-refractivity contribution in [1.29, 1.82) is 0 Å². The fourth-order valence-electron chi connectivity index (χ4n) is 2.78. The Morgan fingerprint density at radius 1 is 1.24 bits per heavy atom. The molecule has 0 radical (unpaired) electrons. The van der Waals surface area contributed by atoms with Crippen LogP contribution in [0.25, 0.3) is 0 Å². The summed E-state index contributed by atoms with van der Waals surface area (Å²) in [6.07, 6.45) is 0.392. The lowest BCUT2D eigenvalue weighted by Crippen LogP contribution is -2.47. The molecule has 0 saturated heterocycles. The first-order valence-electron chi connectivity index (χ1n) is 7.04. The van der Waals surface area contributed by atoms with Crippen molar-refractivity contribution in [2.45, 2.75) is 19.1 Å². The van der Waals surface area contributed by atoms with Crippen molar-refractivity contribution in [2.24, 2.45) is 0 Å². The number of hydrogen-bond donors (Lipinski definition) is 0. The Hall–Kier alpha value is -2.01. The van der Waals surface area contributed by atoms with Crippen molar-refractivity contribution in [1.82, 2.24) is 4.90 Å². The molecule has 0 fully saturated rings. The van der Waals surface area contributed by atoms with Gasteiger partial charge in [-0.1, -0.05) is 12.1 Å². The first-order valence-corrected chi connectivity index (χ1v) is 7.92. The van der Waals surface area contributed by atoms with E-state index in [1.165, 1.54) is 10.4 Å². The van der Waals surface area contributed by atoms with Crippen molar-refractivity contribution in [3.05, 3.63) is 46.2 Å². The van der Waals surface area contributed by atoms with E-state index in [9.17, 15) is 4.79 Å². The van der Waals surface area contributed by atoms with Crippen LogP contribution in [0.2, 0.25) is 0 Å². The van der Waals surface area contributed by atoms with Crippen molar-refractivity contribution in [3.63, 3.8) is 0 Å². The quantitative estimate of drug-likeness (QED) is 0.812. The van der Waals surface area contributed by atoms with Crippen molar-refractivity contribution >= 4 is 17.2 Å². The molecule has 2 aromatic rings. The van der Waals surface area contributed by atoms with E-state index in [1.54, 1.807) is 11.3 Å². The molecule has 0 saturated carbocycles. The van der Waals surface area contributed by atoms with Gasteiger partial charge in [-0.3, -0.25) is 4.79 Å². The number of ether oxygens (including phenoxy) is 2. The minimum absolute atomic E-state index is 0.0151. The molecule has 2 aliphatic heterocycles. The largest absolute Gasteiger partial charge is 0.485 e. The average molecular weight is 301 g/mol. The van der Waals surface area contributed by atoms with Gasteiger partial charge in [0.2, 0.25) is 6.10 Å². The number of nitrogens with zero attached hydrogens (tertiary/aromatic N) is 1. The Morgan fingerprint density at radius 2 is 2.10 bits per heavy atom. The number of amides is 1. The minimum atomic E-state index is -0.542. The maximum atomic E-state index is 12.6. The molecule has 4 rings (SSSR count). The number of carbonyl (C=O) groups excluding carboxylic acids is 1. The Morgan fingerprint density at radius 3 is 3.00 bits per heavy atom. The molecule has 4 nitrogen and oxygen atoms in total. The molecule has 2 aliphatic rings. The molecule has 21 heavy (non-hydrogen) atoms. The summed E-state index contributed by atoms with van der Waals surface area (Å²) in [5.74, 6) is 1.37. The standard InChI is InChI=1S/C16H15NO3S/c18-16(17-7-5-15-11(9-17)6-8-21-15)14-10-19-12-3-1-2-4-13(12)20-14/h1-4,6,8,14H,5,7,9-10H2/t14-/m0/s1. The predicted molar refractivity (Wildman–Crippen MR) is 79.8 cm³/mol. The van der Waals surface area contributed by atoms with Crippen LogP contribution < -0.4 is 9.47 Å². The smallest absolute Gasteiger partial charge is 0.267 e. The third-order valence-electron chi connectivity index (χ3n) is 3.90. The zero-order valence-electron chi connectivity index (χ0n) is 11.5. The van der Waals surface area contributed by atoms with Gasteiger partial charge in [-0.15, -0.1) is 11.3 Å². The summed E-state index contributed by atoms with van der Waals surface area (Å²) in [4.78, 5) is 15.9. The van der Waals surface area contributed by atoms with Gasteiger partial charge < -0.3 is 14.4 Å². The summed E-state index contributed by atoms with van der Waals surface area (Å²) in [7, 11) is 0. The molecule has 0 bridgehead atoms. The van der Waals surface area contributed by atoms with Gasteiger partial charge in [0.05, 0.1) is 0 Å². The summed E-state index contributed by atoms with van der Waals surface area (Å²) in [5.41, 5.74) is 1.26. The lowest BCUT2D eigenvalue weighted by atomic mass is 10.1. The summed E-state index contributed by atoms with van der Waals surface area (Å²) >= 11 is 1.77. The van der Waals surface area contributed by atoms with E-state index in [0.29, 0.717) is 18.0 Å². The fraction of sp³-hybridized carbons (Fsp3) is 0.312. The second-order valence-corrected chi connectivity index (χ2v) is 6.24. The van der Waals surface area contributed by atoms with Crippen LogP contribution in [0.3, 0.4) is 0 Å². The van der Waals surface area contributed by atoms with Crippen molar-refractivity contribution in [2.75, 3.05) is 13.2 Å². The Kier molecular flexibility index (Phi) is 3.07. The van der Waals surface area contributed by atoms with E-state index < -0.39 is 6.10 Å². The first kappa shape index (κ1) is 12.7. The molecule has 3 heterocycles. The van der Waals surface area contributed by atoms with E-state index in [4.69, 9.17) is 9.47 Å². The predicted octanol–water partition coefficient (Wildman–Crippen LogP) is 2.47. The van der Waals surface area contributed by atoms with Crippen LogP contribution in [0.1, 0.15) is 10.4 Å². The summed E-state index contributed by atoms with van der Waals surface area (Å²) in [6, 6.07) is 9.57. The molecular weight excluding hydrogens is 286 g/mol. The number of fused-ring (bicyclic) bond motifs is 2. The van der Waals surface area contributed by atoms with Gasteiger partial charge in [0, 0.05) is 18.0 Å². The highest BCUT2D eigenvalue weighted by Gasteiger charge is 2.32.